The molecule has 0 saturated carbocycles. The number of piperidine rings is 1. The number of nitrogens with zero attached hydrogens (tertiary/aromatic N) is 4. The standard InChI is InChI=1S/C23H32N4O/c1-3-27-21-13-12-19(25(2)17-18-10-6-4-7-11-18)16-20(21)22(24-27)23(28)26-14-8-5-9-15-26/h4,6-7,10-11,19H,3,5,8-9,12-17H2,1-2H3. The zero-order valence-corrected chi connectivity index (χ0v) is 17.2. The van der Waals surface area contributed by atoms with Crippen molar-refractivity contribution < 1.29 is 4.79 Å². The van der Waals surface area contributed by atoms with E-state index in [0.717, 1.165) is 64.0 Å². The van der Waals surface area contributed by atoms with Crippen molar-refractivity contribution in [1.82, 2.24) is 19.6 Å². The van der Waals surface area contributed by atoms with Gasteiger partial charge in [0, 0.05) is 43.5 Å². The van der Waals surface area contributed by atoms with Gasteiger partial charge in [-0.15, -0.1) is 0 Å². The van der Waals surface area contributed by atoms with E-state index in [1.54, 1.807) is 0 Å². The Bertz CT molecular complexity index is 808. The van der Waals surface area contributed by atoms with E-state index in [2.05, 4.69) is 53.9 Å². The highest BCUT2D eigenvalue weighted by Crippen LogP contribution is 2.29. The minimum Gasteiger partial charge on any atom is -0.337 e. The number of hydrogen-bond acceptors (Lipinski definition) is 3. The summed E-state index contributed by atoms with van der Waals surface area (Å²) >= 11 is 0. The molecule has 1 aromatic carbocycles. The van der Waals surface area contributed by atoms with E-state index in [9.17, 15) is 4.79 Å². The lowest BCUT2D eigenvalue weighted by atomic mass is 9.90. The zero-order chi connectivity index (χ0) is 19.5. The molecular weight excluding hydrogens is 348 g/mol. The maximum atomic E-state index is 13.2. The molecule has 5 heteroatoms. The molecule has 4 rings (SSSR count). The van der Waals surface area contributed by atoms with Crippen LogP contribution in [0.15, 0.2) is 30.3 Å². The minimum absolute atomic E-state index is 0.148. The number of aryl methyl sites for hydroxylation is 1. The number of likely N-dealkylation sites (tertiary alicyclic amines) is 1. The SMILES string of the molecule is CCn1nc(C(=O)N2CCCCC2)c2c1CCC(N(C)Cc1ccccc1)C2. The van der Waals surface area contributed by atoms with Gasteiger partial charge in [0.05, 0.1) is 0 Å². The average molecular weight is 381 g/mol. The largest absolute Gasteiger partial charge is 0.337 e. The van der Waals surface area contributed by atoms with E-state index in [4.69, 9.17) is 5.10 Å². The van der Waals surface area contributed by atoms with E-state index >= 15 is 0 Å². The monoisotopic (exact) mass is 380 g/mol. The quantitative estimate of drug-likeness (QED) is 0.797. The summed E-state index contributed by atoms with van der Waals surface area (Å²) in [5.74, 6) is 0.148. The van der Waals surface area contributed by atoms with Gasteiger partial charge < -0.3 is 4.90 Å². The Labute approximate surface area is 168 Å². The first-order chi connectivity index (χ1) is 13.7. The van der Waals surface area contributed by atoms with E-state index in [1.165, 1.54) is 23.2 Å². The van der Waals surface area contributed by atoms with Crippen molar-refractivity contribution in [2.45, 2.75) is 64.6 Å². The van der Waals surface area contributed by atoms with Crippen LogP contribution in [0.5, 0.6) is 0 Å². The van der Waals surface area contributed by atoms with Gasteiger partial charge >= 0.3 is 0 Å². The van der Waals surface area contributed by atoms with Gasteiger partial charge in [-0.1, -0.05) is 30.3 Å². The number of rotatable bonds is 5. The first-order valence-electron chi connectivity index (χ1n) is 10.8. The number of aromatic nitrogens is 2. The van der Waals surface area contributed by atoms with Crippen molar-refractivity contribution in [1.29, 1.82) is 0 Å². The van der Waals surface area contributed by atoms with E-state index in [-0.39, 0.29) is 5.91 Å². The Hall–Kier alpha value is -2.14. The smallest absolute Gasteiger partial charge is 0.274 e. The Balaban J connectivity index is 1.54. The third-order valence-electron chi connectivity index (χ3n) is 6.36. The van der Waals surface area contributed by atoms with E-state index < -0.39 is 0 Å². The summed E-state index contributed by atoms with van der Waals surface area (Å²) in [7, 11) is 2.21. The van der Waals surface area contributed by atoms with Crippen molar-refractivity contribution in [3.05, 3.63) is 52.8 Å². The van der Waals surface area contributed by atoms with Crippen molar-refractivity contribution in [3.63, 3.8) is 0 Å². The highest BCUT2D eigenvalue weighted by molar-refractivity contribution is 5.94. The second-order valence-corrected chi connectivity index (χ2v) is 8.24. The normalized spacial score (nSPS) is 19.7. The lowest BCUT2D eigenvalue weighted by Crippen LogP contribution is -2.38. The predicted octanol–water partition coefficient (Wildman–Crippen LogP) is 3.52. The molecule has 1 aliphatic carbocycles. The van der Waals surface area contributed by atoms with Crippen molar-refractivity contribution in [2.24, 2.45) is 0 Å². The second-order valence-electron chi connectivity index (χ2n) is 8.24. The molecule has 0 spiro atoms. The van der Waals surface area contributed by atoms with Gasteiger partial charge in [0.1, 0.15) is 0 Å². The summed E-state index contributed by atoms with van der Waals surface area (Å²) in [5, 5.41) is 4.77. The lowest BCUT2D eigenvalue weighted by molar-refractivity contribution is 0.0715. The lowest BCUT2D eigenvalue weighted by Gasteiger charge is -2.32. The molecule has 1 fully saturated rings. The van der Waals surface area contributed by atoms with Gasteiger partial charge in [0.2, 0.25) is 0 Å². The third-order valence-corrected chi connectivity index (χ3v) is 6.36. The molecule has 1 amide bonds. The van der Waals surface area contributed by atoms with E-state index in [1.807, 2.05) is 4.90 Å². The predicted molar refractivity (Wildman–Crippen MR) is 111 cm³/mol. The molecule has 2 aliphatic rings. The molecule has 0 N–H and O–H groups in total. The number of amides is 1. The van der Waals surface area contributed by atoms with Crippen LogP contribution in [0.2, 0.25) is 0 Å². The Morgan fingerprint density at radius 2 is 1.93 bits per heavy atom. The molecule has 1 atom stereocenters. The van der Waals surface area contributed by atoms with Crippen LogP contribution >= 0.6 is 0 Å². The molecule has 1 aromatic heterocycles. The molecule has 0 radical (unpaired) electrons. The van der Waals surface area contributed by atoms with Crippen LogP contribution in [-0.2, 0) is 25.9 Å². The number of fused-ring (bicyclic) bond motifs is 1. The van der Waals surface area contributed by atoms with Gasteiger partial charge in [-0.25, -0.2) is 0 Å². The fraction of sp³-hybridized carbons (Fsp3) is 0.565. The summed E-state index contributed by atoms with van der Waals surface area (Å²) in [5.41, 5.74) is 4.54. The Kier molecular flexibility index (Phi) is 5.81. The van der Waals surface area contributed by atoms with Crippen LogP contribution in [0.1, 0.15) is 59.9 Å². The molecule has 1 unspecified atom stereocenters. The summed E-state index contributed by atoms with van der Waals surface area (Å²) in [6.45, 7) is 5.65. The maximum absolute atomic E-state index is 13.2. The Morgan fingerprint density at radius 3 is 2.64 bits per heavy atom. The van der Waals surface area contributed by atoms with Crippen molar-refractivity contribution >= 4 is 5.91 Å². The number of carbonyl (C=O) groups is 1. The van der Waals surface area contributed by atoms with Crippen LogP contribution in [0, 0.1) is 0 Å². The van der Waals surface area contributed by atoms with Crippen molar-refractivity contribution in [3.8, 4) is 0 Å². The summed E-state index contributed by atoms with van der Waals surface area (Å²) < 4.78 is 2.07. The highest BCUT2D eigenvalue weighted by atomic mass is 16.2. The average Bonchev–Trinajstić information content (AvgIpc) is 3.12. The summed E-state index contributed by atoms with van der Waals surface area (Å²) in [6, 6.07) is 11.1. The van der Waals surface area contributed by atoms with Crippen LogP contribution < -0.4 is 0 Å². The van der Waals surface area contributed by atoms with Crippen molar-refractivity contribution in [2.75, 3.05) is 20.1 Å². The molecule has 5 nitrogen and oxygen atoms in total. The molecule has 150 valence electrons. The van der Waals surface area contributed by atoms with Crippen LogP contribution in [0.4, 0.5) is 0 Å². The number of benzene rings is 1. The molecule has 0 bridgehead atoms. The topological polar surface area (TPSA) is 41.4 Å². The maximum Gasteiger partial charge on any atom is 0.274 e. The summed E-state index contributed by atoms with van der Waals surface area (Å²) in [4.78, 5) is 17.7. The van der Waals surface area contributed by atoms with Gasteiger partial charge in [0.25, 0.3) is 5.91 Å². The molecule has 2 aromatic rings. The van der Waals surface area contributed by atoms with E-state index in [0.29, 0.717) is 6.04 Å². The molecule has 2 heterocycles. The van der Waals surface area contributed by atoms with Gasteiger partial charge in [-0.3, -0.25) is 14.4 Å². The van der Waals surface area contributed by atoms with Crippen LogP contribution in [0.25, 0.3) is 0 Å². The molecular formula is C23H32N4O. The minimum atomic E-state index is 0.148. The van der Waals surface area contributed by atoms with Crippen LogP contribution in [0.3, 0.4) is 0 Å². The first-order valence-corrected chi connectivity index (χ1v) is 10.8. The molecule has 1 saturated heterocycles. The van der Waals surface area contributed by atoms with Gasteiger partial charge in [0.15, 0.2) is 5.69 Å². The molecule has 28 heavy (non-hydrogen) atoms. The first kappa shape index (κ1) is 19.2. The number of carbonyl (C=O) groups excluding carboxylic acids is 1. The van der Waals surface area contributed by atoms with Gasteiger partial charge in [-0.2, -0.15) is 5.10 Å². The van der Waals surface area contributed by atoms with Gasteiger partial charge in [-0.05, 0) is 58.1 Å². The third kappa shape index (κ3) is 3.86. The summed E-state index contributed by atoms with van der Waals surface area (Å²) in [6.07, 6.45) is 6.52. The zero-order valence-electron chi connectivity index (χ0n) is 17.2. The van der Waals surface area contributed by atoms with Crippen LogP contribution in [-0.4, -0.2) is 51.7 Å². The fourth-order valence-electron chi connectivity index (χ4n) is 4.73. The number of hydrogen-bond donors (Lipinski definition) is 0. The highest BCUT2D eigenvalue weighted by Gasteiger charge is 2.32. The second kappa shape index (κ2) is 8.48. The fourth-order valence-corrected chi connectivity index (χ4v) is 4.73. The Morgan fingerprint density at radius 1 is 1.18 bits per heavy atom. The molecule has 1 aliphatic heterocycles. The number of likely N-dealkylation sites (N-methyl/N-ethyl adjacent to an activating group) is 1.